The number of aliphatic imine (C=N–C) groups is 1. The van der Waals surface area contributed by atoms with E-state index in [2.05, 4.69) is 38.3 Å². The predicted molar refractivity (Wildman–Crippen MR) is 110 cm³/mol. The summed E-state index contributed by atoms with van der Waals surface area (Å²) in [7, 11) is 0. The molecule has 2 N–H and O–H groups in total. The Balaban J connectivity index is 0.00000288. The van der Waals surface area contributed by atoms with E-state index in [1.54, 1.807) is 0 Å². The number of ether oxygens (including phenoxy) is 2. The van der Waals surface area contributed by atoms with Crippen molar-refractivity contribution in [1.29, 1.82) is 0 Å². The van der Waals surface area contributed by atoms with Crippen molar-refractivity contribution in [3.63, 3.8) is 0 Å². The molecule has 0 aromatic carbocycles. The van der Waals surface area contributed by atoms with E-state index in [0.29, 0.717) is 18.1 Å². The van der Waals surface area contributed by atoms with Crippen LogP contribution in [-0.2, 0) is 9.47 Å². The van der Waals surface area contributed by atoms with Crippen molar-refractivity contribution in [2.75, 3.05) is 32.9 Å². The standard InChI is InChI=1S/C18H35N3O2.HI/c1-5-19-17(21-15-8-11-22-12-9-15)20-13-14-7-6-10-23-16(14)18(2,3)4;/h14-16H,5-13H2,1-4H3,(H2,19,20,21);1H. The number of nitrogens with one attached hydrogen (secondary N) is 2. The van der Waals surface area contributed by atoms with Gasteiger partial charge in [-0.15, -0.1) is 24.0 Å². The number of nitrogens with zero attached hydrogens (tertiary/aromatic N) is 1. The minimum Gasteiger partial charge on any atom is -0.381 e. The van der Waals surface area contributed by atoms with Crippen molar-refractivity contribution in [3.05, 3.63) is 0 Å². The van der Waals surface area contributed by atoms with E-state index in [1.807, 2.05) is 0 Å². The summed E-state index contributed by atoms with van der Waals surface area (Å²) >= 11 is 0. The first kappa shape index (κ1) is 22.0. The van der Waals surface area contributed by atoms with E-state index < -0.39 is 0 Å². The molecule has 2 heterocycles. The molecule has 0 aliphatic carbocycles. The molecule has 142 valence electrons. The zero-order valence-electron chi connectivity index (χ0n) is 15.8. The fourth-order valence-electron chi connectivity index (χ4n) is 3.55. The van der Waals surface area contributed by atoms with Gasteiger partial charge >= 0.3 is 0 Å². The highest BCUT2D eigenvalue weighted by Crippen LogP contribution is 2.34. The second-order valence-corrected chi connectivity index (χ2v) is 7.81. The van der Waals surface area contributed by atoms with Crippen molar-refractivity contribution in [2.24, 2.45) is 16.3 Å². The van der Waals surface area contributed by atoms with E-state index in [4.69, 9.17) is 14.5 Å². The molecule has 0 bridgehead atoms. The van der Waals surface area contributed by atoms with E-state index in [1.165, 1.54) is 6.42 Å². The van der Waals surface area contributed by atoms with Gasteiger partial charge in [0.2, 0.25) is 0 Å². The number of halogens is 1. The molecule has 2 rings (SSSR count). The summed E-state index contributed by atoms with van der Waals surface area (Å²) in [6.45, 7) is 13.2. The summed E-state index contributed by atoms with van der Waals surface area (Å²) in [6, 6.07) is 0.475. The number of guanidine groups is 1. The first-order chi connectivity index (χ1) is 11.0. The van der Waals surface area contributed by atoms with Crippen LogP contribution in [0.15, 0.2) is 4.99 Å². The average Bonchev–Trinajstić information content (AvgIpc) is 2.53. The molecular weight excluding hydrogens is 417 g/mol. The summed E-state index contributed by atoms with van der Waals surface area (Å²) in [6.07, 6.45) is 4.77. The Morgan fingerprint density at radius 1 is 1.12 bits per heavy atom. The van der Waals surface area contributed by atoms with Gasteiger partial charge in [0.15, 0.2) is 5.96 Å². The van der Waals surface area contributed by atoms with Crippen molar-refractivity contribution in [1.82, 2.24) is 10.6 Å². The third-order valence-corrected chi connectivity index (χ3v) is 4.69. The minimum atomic E-state index is 0. The first-order valence-corrected chi connectivity index (χ1v) is 9.25. The summed E-state index contributed by atoms with van der Waals surface area (Å²) in [4.78, 5) is 4.87. The predicted octanol–water partition coefficient (Wildman–Crippen LogP) is 3.18. The third-order valence-electron chi connectivity index (χ3n) is 4.69. The normalized spacial score (nSPS) is 26.6. The number of rotatable bonds is 4. The molecule has 0 aromatic heterocycles. The summed E-state index contributed by atoms with van der Waals surface area (Å²) in [5.41, 5.74) is 0.174. The zero-order valence-corrected chi connectivity index (χ0v) is 18.1. The smallest absolute Gasteiger partial charge is 0.191 e. The van der Waals surface area contributed by atoms with Gasteiger partial charge in [-0.3, -0.25) is 4.99 Å². The van der Waals surface area contributed by atoms with Crippen LogP contribution in [0.5, 0.6) is 0 Å². The van der Waals surface area contributed by atoms with Crippen LogP contribution in [0.4, 0.5) is 0 Å². The van der Waals surface area contributed by atoms with Gasteiger partial charge in [0, 0.05) is 44.9 Å². The molecule has 2 unspecified atom stereocenters. The monoisotopic (exact) mass is 453 g/mol. The van der Waals surface area contributed by atoms with Crippen LogP contribution in [0.3, 0.4) is 0 Å². The summed E-state index contributed by atoms with van der Waals surface area (Å²) in [5.74, 6) is 1.45. The molecule has 2 aliphatic heterocycles. The van der Waals surface area contributed by atoms with E-state index in [9.17, 15) is 0 Å². The van der Waals surface area contributed by atoms with Crippen LogP contribution in [-0.4, -0.2) is 51.0 Å². The minimum absolute atomic E-state index is 0. The molecule has 2 fully saturated rings. The van der Waals surface area contributed by atoms with Gasteiger partial charge in [-0.1, -0.05) is 20.8 Å². The van der Waals surface area contributed by atoms with Gasteiger partial charge in [-0.25, -0.2) is 0 Å². The summed E-state index contributed by atoms with van der Waals surface area (Å²) < 4.78 is 11.5. The maximum atomic E-state index is 6.07. The second-order valence-electron chi connectivity index (χ2n) is 7.81. The lowest BCUT2D eigenvalue weighted by Gasteiger charge is -2.39. The highest BCUT2D eigenvalue weighted by atomic mass is 127. The first-order valence-electron chi connectivity index (χ1n) is 9.25. The van der Waals surface area contributed by atoms with E-state index in [0.717, 1.165) is 58.1 Å². The van der Waals surface area contributed by atoms with Crippen molar-refractivity contribution in [3.8, 4) is 0 Å². The number of hydrogen-bond acceptors (Lipinski definition) is 3. The Hall–Kier alpha value is -0.0800. The Morgan fingerprint density at radius 2 is 1.83 bits per heavy atom. The van der Waals surface area contributed by atoms with Crippen LogP contribution < -0.4 is 10.6 Å². The Kier molecular flexibility index (Phi) is 9.89. The van der Waals surface area contributed by atoms with E-state index in [-0.39, 0.29) is 29.4 Å². The van der Waals surface area contributed by atoms with Gasteiger partial charge in [-0.2, -0.15) is 0 Å². The van der Waals surface area contributed by atoms with Crippen LogP contribution in [0, 0.1) is 11.3 Å². The second kappa shape index (κ2) is 10.8. The maximum absolute atomic E-state index is 6.07. The number of hydrogen-bond donors (Lipinski definition) is 2. The SMILES string of the molecule is CCNC(=NCC1CCCOC1C(C)(C)C)NC1CCOCC1.I. The lowest BCUT2D eigenvalue weighted by molar-refractivity contribution is -0.0823. The van der Waals surface area contributed by atoms with Gasteiger partial charge < -0.3 is 20.1 Å². The Bertz CT molecular complexity index is 379. The molecule has 2 aliphatic rings. The fraction of sp³-hybridized carbons (Fsp3) is 0.944. The highest BCUT2D eigenvalue weighted by Gasteiger charge is 2.35. The third kappa shape index (κ3) is 7.04. The van der Waals surface area contributed by atoms with Crippen LogP contribution >= 0.6 is 24.0 Å². The largest absolute Gasteiger partial charge is 0.381 e. The molecule has 5 nitrogen and oxygen atoms in total. The molecule has 0 saturated carbocycles. The van der Waals surface area contributed by atoms with Gasteiger partial charge in [0.05, 0.1) is 6.10 Å². The quantitative estimate of drug-likeness (QED) is 0.390. The molecule has 6 heteroatoms. The maximum Gasteiger partial charge on any atom is 0.191 e. The van der Waals surface area contributed by atoms with E-state index >= 15 is 0 Å². The Labute approximate surface area is 164 Å². The molecule has 0 radical (unpaired) electrons. The Morgan fingerprint density at radius 3 is 2.46 bits per heavy atom. The molecule has 0 spiro atoms. The topological polar surface area (TPSA) is 54.9 Å². The molecular formula is C18H36IN3O2. The van der Waals surface area contributed by atoms with Gasteiger partial charge in [-0.05, 0) is 38.0 Å². The molecule has 2 atom stereocenters. The van der Waals surface area contributed by atoms with Crippen molar-refractivity contribution in [2.45, 2.75) is 65.5 Å². The lowest BCUT2D eigenvalue weighted by Crippen LogP contribution is -2.46. The summed E-state index contributed by atoms with van der Waals surface area (Å²) in [5, 5.41) is 6.95. The van der Waals surface area contributed by atoms with Crippen molar-refractivity contribution < 1.29 is 9.47 Å². The zero-order chi connectivity index (χ0) is 16.7. The average molecular weight is 453 g/mol. The molecule has 24 heavy (non-hydrogen) atoms. The lowest BCUT2D eigenvalue weighted by atomic mass is 9.78. The van der Waals surface area contributed by atoms with Gasteiger partial charge in [0.25, 0.3) is 0 Å². The van der Waals surface area contributed by atoms with Crippen LogP contribution in [0.25, 0.3) is 0 Å². The van der Waals surface area contributed by atoms with Crippen LogP contribution in [0.2, 0.25) is 0 Å². The highest BCUT2D eigenvalue weighted by molar-refractivity contribution is 14.0. The van der Waals surface area contributed by atoms with Crippen molar-refractivity contribution >= 4 is 29.9 Å². The fourth-order valence-corrected chi connectivity index (χ4v) is 3.55. The van der Waals surface area contributed by atoms with Gasteiger partial charge in [0.1, 0.15) is 0 Å². The molecule has 0 amide bonds. The molecule has 0 aromatic rings. The molecule has 2 saturated heterocycles. The van der Waals surface area contributed by atoms with Crippen LogP contribution in [0.1, 0.15) is 53.4 Å².